The van der Waals surface area contributed by atoms with Crippen molar-refractivity contribution in [2.75, 3.05) is 13.2 Å². The van der Waals surface area contributed by atoms with Crippen LogP contribution in [0.4, 0.5) is 0 Å². The fourth-order valence-electron chi connectivity index (χ4n) is 0.379. The molecule has 0 aromatic heterocycles. The van der Waals surface area contributed by atoms with E-state index < -0.39 is 0 Å². The van der Waals surface area contributed by atoms with Crippen LogP contribution in [-0.2, 0) is 4.74 Å². The fraction of sp³-hybridized carbons (Fsp3) is 0.500. The molecule has 2 nitrogen and oxygen atoms in total. The Hall–Kier alpha value is -0.530. The molecule has 0 bridgehead atoms. The van der Waals surface area contributed by atoms with E-state index in [1.54, 1.807) is 0 Å². The topological polar surface area (TPSA) is 21.6 Å². The van der Waals surface area contributed by atoms with Crippen LogP contribution in [0, 0.1) is 6.92 Å². The van der Waals surface area contributed by atoms with Gasteiger partial charge >= 0.3 is 0 Å². The van der Waals surface area contributed by atoms with Crippen molar-refractivity contribution >= 4 is 5.90 Å². The largest absolute Gasteiger partial charge is 0.479 e. The summed E-state index contributed by atoms with van der Waals surface area (Å²) < 4.78 is 4.79. The van der Waals surface area contributed by atoms with Gasteiger partial charge in [0, 0.05) is 6.92 Å². The van der Waals surface area contributed by atoms with E-state index in [4.69, 9.17) is 4.74 Å². The standard InChI is InChI=1S/C4H6NO/c1-4-5-2-3-6-4/h1-3H2. The summed E-state index contributed by atoms with van der Waals surface area (Å²) in [5, 5.41) is 0. The van der Waals surface area contributed by atoms with E-state index in [-0.39, 0.29) is 0 Å². The predicted molar refractivity (Wildman–Crippen MR) is 23.6 cm³/mol. The molecular weight excluding hydrogens is 78.0 g/mol. The molecule has 2 heteroatoms. The van der Waals surface area contributed by atoms with Gasteiger partial charge in [-0.1, -0.05) is 0 Å². The van der Waals surface area contributed by atoms with Gasteiger partial charge in [-0.2, -0.15) is 0 Å². The first-order chi connectivity index (χ1) is 2.89. The molecule has 1 heterocycles. The van der Waals surface area contributed by atoms with Gasteiger partial charge in [-0.05, 0) is 0 Å². The number of aliphatic imine (C=N–C) groups is 1. The average Bonchev–Trinajstić information content (AvgIpc) is 1.86. The lowest BCUT2D eigenvalue weighted by Crippen LogP contribution is -1.89. The van der Waals surface area contributed by atoms with E-state index in [9.17, 15) is 0 Å². The van der Waals surface area contributed by atoms with Gasteiger partial charge in [0.1, 0.15) is 6.61 Å². The van der Waals surface area contributed by atoms with Crippen LogP contribution in [0.1, 0.15) is 0 Å². The normalized spacial score (nSPS) is 19.8. The Morgan fingerprint density at radius 1 is 1.83 bits per heavy atom. The quantitative estimate of drug-likeness (QED) is 0.412. The second-order valence-electron chi connectivity index (χ2n) is 1.12. The van der Waals surface area contributed by atoms with Crippen LogP contribution in [0.5, 0.6) is 0 Å². The lowest BCUT2D eigenvalue weighted by atomic mass is 10.8. The Labute approximate surface area is 36.8 Å². The molecule has 0 N–H and O–H groups in total. The fourth-order valence-corrected chi connectivity index (χ4v) is 0.379. The van der Waals surface area contributed by atoms with Crippen LogP contribution in [0.15, 0.2) is 4.99 Å². The number of rotatable bonds is 0. The van der Waals surface area contributed by atoms with E-state index in [0.717, 1.165) is 13.2 Å². The van der Waals surface area contributed by atoms with Gasteiger partial charge in [0.2, 0.25) is 0 Å². The minimum Gasteiger partial charge on any atom is -0.479 e. The second kappa shape index (κ2) is 1.29. The van der Waals surface area contributed by atoms with Crippen molar-refractivity contribution in [2.24, 2.45) is 4.99 Å². The lowest BCUT2D eigenvalue weighted by Gasteiger charge is -1.85. The van der Waals surface area contributed by atoms with Gasteiger partial charge in [-0.25, -0.2) is 0 Å². The zero-order valence-corrected chi connectivity index (χ0v) is 3.48. The van der Waals surface area contributed by atoms with E-state index in [1.165, 1.54) is 0 Å². The van der Waals surface area contributed by atoms with Crippen LogP contribution < -0.4 is 0 Å². The summed E-state index contributed by atoms with van der Waals surface area (Å²) in [6, 6.07) is 0. The highest BCUT2D eigenvalue weighted by Crippen LogP contribution is 1.89. The van der Waals surface area contributed by atoms with Crippen LogP contribution >= 0.6 is 0 Å². The van der Waals surface area contributed by atoms with Crippen LogP contribution in [-0.4, -0.2) is 19.0 Å². The Morgan fingerprint density at radius 3 is 2.83 bits per heavy atom. The monoisotopic (exact) mass is 84.0 g/mol. The summed E-state index contributed by atoms with van der Waals surface area (Å²) in [5.74, 6) is 0.579. The summed E-state index contributed by atoms with van der Waals surface area (Å²) >= 11 is 0. The molecule has 0 unspecified atom stereocenters. The van der Waals surface area contributed by atoms with E-state index >= 15 is 0 Å². The van der Waals surface area contributed by atoms with Gasteiger partial charge in [0.05, 0.1) is 6.54 Å². The van der Waals surface area contributed by atoms with Gasteiger partial charge in [0.15, 0.2) is 5.90 Å². The summed E-state index contributed by atoms with van der Waals surface area (Å²) in [4.78, 5) is 3.82. The van der Waals surface area contributed by atoms with Crippen molar-refractivity contribution in [3.8, 4) is 0 Å². The number of hydrogen-bond donors (Lipinski definition) is 0. The first kappa shape index (κ1) is 3.65. The van der Waals surface area contributed by atoms with E-state index in [1.807, 2.05) is 0 Å². The third-order valence-corrected chi connectivity index (χ3v) is 0.648. The predicted octanol–water partition coefficient (Wildman–Crippen LogP) is 0.249. The molecule has 1 aliphatic heterocycles. The van der Waals surface area contributed by atoms with Crippen LogP contribution in [0.25, 0.3) is 0 Å². The summed E-state index contributed by atoms with van der Waals surface area (Å²) in [6.07, 6.45) is 0. The van der Waals surface area contributed by atoms with Crippen molar-refractivity contribution in [3.05, 3.63) is 6.92 Å². The molecule has 0 saturated heterocycles. The SMILES string of the molecule is [CH2]C1=NCCO1. The Kier molecular flexibility index (Phi) is 0.783. The molecule has 0 saturated carbocycles. The second-order valence-corrected chi connectivity index (χ2v) is 1.12. The number of ether oxygens (including phenoxy) is 1. The van der Waals surface area contributed by atoms with Crippen molar-refractivity contribution in [1.29, 1.82) is 0 Å². The van der Waals surface area contributed by atoms with Gasteiger partial charge < -0.3 is 4.74 Å². The minimum absolute atomic E-state index is 0.579. The third-order valence-electron chi connectivity index (χ3n) is 0.648. The molecule has 1 rings (SSSR count). The molecule has 0 spiro atoms. The first-order valence-corrected chi connectivity index (χ1v) is 1.89. The lowest BCUT2D eigenvalue weighted by molar-refractivity contribution is 0.349. The molecule has 1 radical (unpaired) electrons. The molecule has 6 heavy (non-hydrogen) atoms. The maximum absolute atomic E-state index is 4.79. The van der Waals surface area contributed by atoms with Crippen molar-refractivity contribution in [1.82, 2.24) is 0 Å². The summed E-state index contributed by atoms with van der Waals surface area (Å²) in [5.41, 5.74) is 0. The molecule has 1 aliphatic rings. The molecule has 0 aliphatic carbocycles. The maximum atomic E-state index is 4.79. The van der Waals surface area contributed by atoms with E-state index in [2.05, 4.69) is 11.9 Å². The summed E-state index contributed by atoms with van der Waals surface area (Å²) in [7, 11) is 0. The van der Waals surface area contributed by atoms with Gasteiger partial charge in [0.25, 0.3) is 0 Å². The Balaban J connectivity index is 2.45. The molecule has 0 fully saturated rings. The smallest absolute Gasteiger partial charge is 0.183 e. The molecule has 33 valence electrons. The average molecular weight is 84.1 g/mol. The number of nitrogens with zero attached hydrogens (tertiary/aromatic N) is 1. The maximum Gasteiger partial charge on any atom is 0.183 e. The highest BCUT2D eigenvalue weighted by Gasteiger charge is 1.96. The Morgan fingerprint density at radius 2 is 2.67 bits per heavy atom. The highest BCUT2D eigenvalue weighted by molar-refractivity contribution is 5.81. The molecule has 0 amide bonds. The van der Waals surface area contributed by atoms with Crippen molar-refractivity contribution in [3.63, 3.8) is 0 Å². The first-order valence-electron chi connectivity index (χ1n) is 1.89. The van der Waals surface area contributed by atoms with Crippen LogP contribution in [0.2, 0.25) is 0 Å². The van der Waals surface area contributed by atoms with Gasteiger partial charge in [-0.15, -0.1) is 0 Å². The molecule has 0 aromatic rings. The molecule has 0 aromatic carbocycles. The number of hydrogen-bond acceptors (Lipinski definition) is 2. The third kappa shape index (κ3) is 0.506. The van der Waals surface area contributed by atoms with Gasteiger partial charge in [-0.3, -0.25) is 4.99 Å². The minimum atomic E-state index is 0.579. The van der Waals surface area contributed by atoms with Crippen molar-refractivity contribution < 1.29 is 4.74 Å². The van der Waals surface area contributed by atoms with Crippen molar-refractivity contribution in [2.45, 2.75) is 0 Å². The molecule has 0 atom stereocenters. The molecular formula is C4H6NO. The summed E-state index contributed by atoms with van der Waals surface area (Å²) in [6.45, 7) is 4.98. The zero-order valence-electron chi connectivity index (χ0n) is 3.48. The zero-order chi connectivity index (χ0) is 4.41. The van der Waals surface area contributed by atoms with E-state index in [0.29, 0.717) is 5.90 Å². The Bertz CT molecular complexity index is 77.6. The highest BCUT2D eigenvalue weighted by atomic mass is 16.5. The van der Waals surface area contributed by atoms with Crippen LogP contribution in [0.3, 0.4) is 0 Å².